The van der Waals surface area contributed by atoms with Gasteiger partial charge in [-0.1, -0.05) is 18.2 Å². The fourth-order valence-electron chi connectivity index (χ4n) is 2.69. The minimum absolute atomic E-state index is 0.674. The van der Waals surface area contributed by atoms with Gasteiger partial charge in [-0.15, -0.1) is 0 Å². The van der Waals surface area contributed by atoms with Gasteiger partial charge in [0.1, 0.15) is 23.8 Å². The van der Waals surface area contributed by atoms with Crippen LogP contribution in [0.5, 0.6) is 5.75 Å². The van der Waals surface area contributed by atoms with Crippen LogP contribution < -0.4 is 10.1 Å². The number of para-hydroxylation sites is 1. The fraction of sp³-hybridized carbons (Fsp3) is 0.350. The second-order valence-electron chi connectivity index (χ2n) is 6.54. The van der Waals surface area contributed by atoms with Gasteiger partial charge in [0.05, 0.1) is 6.20 Å². The molecule has 0 unspecified atom stereocenters. The summed E-state index contributed by atoms with van der Waals surface area (Å²) in [5, 5.41) is 10.6. The van der Waals surface area contributed by atoms with Gasteiger partial charge in [0.2, 0.25) is 0 Å². The Morgan fingerprint density at radius 1 is 1.12 bits per heavy atom. The number of benzene rings is 1. The Labute approximate surface area is 154 Å². The highest BCUT2D eigenvalue weighted by Gasteiger charge is 2.11. The summed E-state index contributed by atoms with van der Waals surface area (Å²) in [6.07, 6.45) is 1.83. The summed E-state index contributed by atoms with van der Waals surface area (Å²) in [6.45, 7) is 4.92. The van der Waals surface area contributed by atoms with Gasteiger partial charge in [-0.2, -0.15) is 5.10 Å². The largest absolute Gasteiger partial charge is 0.492 e. The highest BCUT2D eigenvalue weighted by atomic mass is 16.5. The van der Waals surface area contributed by atoms with Gasteiger partial charge in [0.25, 0.3) is 0 Å². The number of nitrogens with zero attached hydrogens (tertiary/aromatic N) is 2. The molecule has 0 aliphatic heterocycles. The Balaban J connectivity index is 1.58. The molecule has 0 spiro atoms. The number of rotatable bonds is 9. The summed E-state index contributed by atoms with van der Waals surface area (Å²) >= 11 is 0. The second-order valence-corrected chi connectivity index (χ2v) is 6.54. The van der Waals surface area contributed by atoms with Crippen LogP contribution in [0.25, 0.3) is 11.5 Å². The molecule has 0 atom stereocenters. The van der Waals surface area contributed by atoms with E-state index in [9.17, 15) is 0 Å². The number of hydrogen-bond donors (Lipinski definition) is 2. The smallest absolute Gasteiger partial charge is 0.152 e. The molecule has 0 amide bonds. The summed E-state index contributed by atoms with van der Waals surface area (Å²) < 4.78 is 11.6. The molecule has 0 bridgehead atoms. The maximum Gasteiger partial charge on any atom is 0.152 e. The molecular weight excluding hydrogens is 328 g/mol. The van der Waals surface area contributed by atoms with E-state index in [1.807, 2.05) is 57.5 Å². The highest BCUT2D eigenvalue weighted by molar-refractivity contribution is 5.56. The van der Waals surface area contributed by atoms with Crippen LogP contribution >= 0.6 is 0 Å². The Morgan fingerprint density at radius 2 is 1.92 bits per heavy atom. The number of H-pyrrole nitrogens is 1. The first-order valence-electron chi connectivity index (χ1n) is 8.78. The molecule has 2 aromatic heterocycles. The van der Waals surface area contributed by atoms with Crippen molar-refractivity contribution in [3.05, 3.63) is 59.5 Å². The van der Waals surface area contributed by atoms with Crippen molar-refractivity contribution >= 4 is 0 Å². The van der Waals surface area contributed by atoms with Crippen molar-refractivity contribution in [1.29, 1.82) is 0 Å². The first-order chi connectivity index (χ1) is 12.6. The van der Waals surface area contributed by atoms with Crippen LogP contribution in [-0.4, -0.2) is 42.3 Å². The molecule has 0 saturated carbocycles. The summed E-state index contributed by atoms with van der Waals surface area (Å²) in [7, 11) is 4.08. The fourth-order valence-corrected chi connectivity index (χ4v) is 2.69. The van der Waals surface area contributed by atoms with Gasteiger partial charge in [0.15, 0.2) is 5.76 Å². The van der Waals surface area contributed by atoms with Crippen molar-refractivity contribution in [2.75, 3.05) is 27.2 Å². The summed E-state index contributed by atoms with van der Waals surface area (Å²) in [6, 6.07) is 12.0. The third-order valence-electron chi connectivity index (χ3n) is 4.10. The summed E-state index contributed by atoms with van der Waals surface area (Å²) in [5.41, 5.74) is 3.14. The predicted octanol–water partition coefficient (Wildman–Crippen LogP) is 3.21. The van der Waals surface area contributed by atoms with Gasteiger partial charge in [-0.3, -0.25) is 5.10 Å². The topological polar surface area (TPSA) is 66.3 Å². The van der Waals surface area contributed by atoms with E-state index in [-0.39, 0.29) is 0 Å². The Bertz CT molecular complexity index is 823. The van der Waals surface area contributed by atoms with Gasteiger partial charge >= 0.3 is 0 Å². The molecule has 2 N–H and O–H groups in total. The van der Waals surface area contributed by atoms with Gasteiger partial charge in [-0.05, 0) is 39.2 Å². The average Bonchev–Trinajstić information content (AvgIpc) is 3.24. The van der Waals surface area contributed by atoms with Crippen LogP contribution in [0.3, 0.4) is 0 Å². The maximum absolute atomic E-state index is 5.92. The standard InChI is InChI=1S/C20H26N4O2/c1-15-8-9-19(26-15)20-17(14-22-23-20)13-21-12-16-6-4-5-7-18(16)25-11-10-24(2)3/h4-9,14,21H,10-13H2,1-3H3,(H,22,23). The monoisotopic (exact) mass is 354 g/mol. The normalized spacial score (nSPS) is 11.2. The average molecular weight is 354 g/mol. The summed E-state index contributed by atoms with van der Waals surface area (Å²) in [5.74, 6) is 2.62. The minimum atomic E-state index is 0.674. The third kappa shape index (κ3) is 4.74. The van der Waals surface area contributed by atoms with Crippen LogP contribution in [-0.2, 0) is 13.1 Å². The lowest BCUT2D eigenvalue weighted by Crippen LogP contribution is -2.20. The van der Waals surface area contributed by atoms with Crippen molar-refractivity contribution in [3.8, 4) is 17.2 Å². The Hall–Kier alpha value is -2.57. The van der Waals surface area contributed by atoms with Crippen LogP contribution in [0.1, 0.15) is 16.9 Å². The van der Waals surface area contributed by atoms with Gasteiger partial charge < -0.3 is 19.4 Å². The van der Waals surface area contributed by atoms with Crippen molar-refractivity contribution in [3.63, 3.8) is 0 Å². The van der Waals surface area contributed by atoms with E-state index in [1.165, 1.54) is 0 Å². The lowest BCUT2D eigenvalue weighted by atomic mass is 10.1. The van der Waals surface area contributed by atoms with Crippen LogP contribution in [0.2, 0.25) is 0 Å². The van der Waals surface area contributed by atoms with E-state index in [2.05, 4.69) is 26.5 Å². The van der Waals surface area contributed by atoms with Crippen LogP contribution in [0.4, 0.5) is 0 Å². The zero-order valence-electron chi connectivity index (χ0n) is 15.6. The van der Waals surface area contributed by atoms with E-state index in [1.54, 1.807) is 0 Å². The van der Waals surface area contributed by atoms with E-state index in [4.69, 9.17) is 9.15 Å². The van der Waals surface area contributed by atoms with E-state index < -0.39 is 0 Å². The summed E-state index contributed by atoms with van der Waals surface area (Å²) in [4.78, 5) is 2.11. The highest BCUT2D eigenvalue weighted by Crippen LogP contribution is 2.23. The molecule has 3 aromatic rings. The molecular formula is C20H26N4O2. The molecule has 6 nitrogen and oxygen atoms in total. The number of aromatic nitrogens is 2. The molecule has 26 heavy (non-hydrogen) atoms. The zero-order valence-corrected chi connectivity index (χ0v) is 15.6. The Kier molecular flexibility index (Phi) is 6.09. The van der Waals surface area contributed by atoms with Crippen molar-refractivity contribution < 1.29 is 9.15 Å². The third-order valence-corrected chi connectivity index (χ3v) is 4.10. The number of aryl methyl sites for hydroxylation is 1. The molecule has 138 valence electrons. The molecule has 0 aliphatic carbocycles. The van der Waals surface area contributed by atoms with Crippen molar-refractivity contribution in [2.24, 2.45) is 0 Å². The van der Waals surface area contributed by atoms with Crippen LogP contribution in [0, 0.1) is 6.92 Å². The second kappa shape index (κ2) is 8.69. The number of nitrogens with one attached hydrogen (secondary N) is 2. The minimum Gasteiger partial charge on any atom is -0.492 e. The first kappa shape index (κ1) is 18.2. The van der Waals surface area contributed by atoms with E-state index in [0.717, 1.165) is 47.2 Å². The molecule has 3 rings (SSSR count). The quantitative estimate of drug-likeness (QED) is 0.618. The molecule has 0 aliphatic rings. The first-order valence-corrected chi connectivity index (χ1v) is 8.78. The molecule has 1 aromatic carbocycles. The number of ether oxygens (including phenoxy) is 1. The number of hydrogen-bond acceptors (Lipinski definition) is 5. The Morgan fingerprint density at radius 3 is 2.69 bits per heavy atom. The van der Waals surface area contributed by atoms with Gasteiger partial charge in [0, 0.05) is 30.8 Å². The van der Waals surface area contributed by atoms with Gasteiger partial charge in [-0.25, -0.2) is 0 Å². The molecule has 6 heteroatoms. The SMILES string of the molecule is Cc1ccc(-c2[nH]ncc2CNCc2ccccc2OCCN(C)C)o1. The number of likely N-dealkylation sites (N-methyl/N-ethyl adjacent to an activating group) is 1. The molecule has 0 saturated heterocycles. The molecule has 0 radical (unpaired) electrons. The zero-order chi connectivity index (χ0) is 18.4. The van der Waals surface area contributed by atoms with Crippen molar-refractivity contribution in [1.82, 2.24) is 20.4 Å². The van der Waals surface area contributed by atoms with E-state index in [0.29, 0.717) is 13.2 Å². The van der Waals surface area contributed by atoms with Crippen LogP contribution in [0.15, 0.2) is 47.0 Å². The predicted molar refractivity (Wildman–Crippen MR) is 102 cm³/mol. The maximum atomic E-state index is 5.92. The lowest BCUT2D eigenvalue weighted by Gasteiger charge is -2.14. The lowest BCUT2D eigenvalue weighted by molar-refractivity contribution is 0.259. The number of aromatic amines is 1. The molecule has 2 heterocycles. The van der Waals surface area contributed by atoms with E-state index >= 15 is 0 Å². The number of furan rings is 1. The van der Waals surface area contributed by atoms with Crippen molar-refractivity contribution in [2.45, 2.75) is 20.0 Å². The molecule has 0 fully saturated rings.